The monoisotopic (exact) mass is 467 g/mol. The predicted octanol–water partition coefficient (Wildman–Crippen LogP) is 3.44. The van der Waals surface area contributed by atoms with Gasteiger partial charge in [-0.25, -0.2) is 0 Å². The van der Waals surface area contributed by atoms with Crippen LogP contribution in [0.5, 0.6) is 0 Å². The second kappa shape index (κ2) is 7.59. The number of rotatable bonds is 3. The molecular formula is C14H20F6N5O4P. The molecule has 30 heavy (non-hydrogen) atoms. The standard InChI is InChI=1S/C14H20F6N5O4P/c1-6-27-10-23-12(13(15,16)17,14(18,19)20)22-9(29-10)21-8-24-30(26,28-7-2)11(3,4)25(8)5/h6-7H2,1-5H3,(H,21,22,24,26)/t30-/m1/s1. The van der Waals surface area contributed by atoms with Crippen molar-refractivity contribution in [2.24, 2.45) is 14.7 Å². The molecule has 0 saturated carbocycles. The summed E-state index contributed by atoms with van der Waals surface area (Å²) in [5.74, 6) is -0.369. The van der Waals surface area contributed by atoms with Crippen molar-refractivity contribution in [1.82, 2.24) is 10.2 Å². The van der Waals surface area contributed by atoms with Gasteiger partial charge in [0.2, 0.25) is 5.96 Å². The zero-order valence-electron chi connectivity index (χ0n) is 16.6. The fourth-order valence-corrected chi connectivity index (χ4v) is 4.29. The molecule has 0 radical (unpaired) electrons. The number of aliphatic imine (C=N–C) groups is 2. The van der Waals surface area contributed by atoms with E-state index in [0.717, 1.165) is 0 Å². The first kappa shape index (κ1) is 24.3. The summed E-state index contributed by atoms with van der Waals surface area (Å²) in [6.07, 6.45) is -13.2. The molecule has 0 aromatic heterocycles. The first-order valence-corrected chi connectivity index (χ1v) is 10.1. The lowest BCUT2D eigenvalue weighted by Crippen LogP contribution is -2.59. The van der Waals surface area contributed by atoms with E-state index in [0.29, 0.717) is 0 Å². The van der Waals surface area contributed by atoms with E-state index in [4.69, 9.17) is 9.26 Å². The van der Waals surface area contributed by atoms with Crippen molar-refractivity contribution in [1.29, 1.82) is 0 Å². The van der Waals surface area contributed by atoms with Crippen molar-refractivity contribution in [3.8, 4) is 0 Å². The quantitative estimate of drug-likeness (QED) is 0.505. The van der Waals surface area contributed by atoms with Gasteiger partial charge in [0.15, 0.2) is 0 Å². The summed E-state index contributed by atoms with van der Waals surface area (Å²) in [4.78, 5) is 6.42. The van der Waals surface area contributed by atoms with E-state index < -0.39 is 42.9 Å². The highest BCUT2D eigenvalue weighted by Crippen LogP contribution is 2.64. The van der Waals surface area contributed by atoms with Crippen molar-refractivity contribution >= 4 is 25.6 Å². The Kier molecular flexibility index (Phi) is 6.14. The molecule has 0 amide bonds. The molecule has 0 saturated heterocycles. The second-order valence-corrected chi connectivity index (χ2v) is 9.13. The first-order chi connectivity index (χ1) is 13.5. The lowest BCUT2D eigenvalue weighted by molar-refractivity contribution is -0.294. The first-order valence-electron chi connectivity index (χ1n) is 8.54. The van der Waals surface area contributed by atoms with Gasteiger partial charge in [-0.05, 0) is 27.7 Å². The Morgan fingerprint density at radius 2 is 1.67 bits per heavy atom. The fraction of sp³-hybridized carbons (Fsp3) is 0.786. The van der Waals surface area contributed by atoms with Gasteiger partial charge in [0.05, 0.1) is 13.2 Å². The molecule has 0 bridgehead atoms. The summed E-state index contributed by atoms with van der Waals surface area (Å²) < 4.78 is 112. The number of ether oxygens (including phenoxy) is 2. The topological polar surface area (TPSA) is 97.1 Å². The van der Waals surface area contributed by atoms with E-state index in [1.807, 2.05) is 0 Å². The van der Waals surface area contributed by atoms with Gasteiger partial charge in [-0.1, -0.05) is 0 Å². The number of hydrogen-bond donors (Lipinski definition) is 1. The molecular weight excluding hydrogens is 447 g/mol. The van der Waals surface area contributed by atoms with E-state index in [2.05, 4.69) is 24.8 Å². The second-order valence-electron chi connectivity index (χ2n) is 6.54. The number of hydrogen-bond acceptors (Lipinski definition) is 8. The van der Waals surface area contributed by atoms with Crippen LogP contribution in [0.2, 0.25) is 0 Å². The van der Waals surface area contributed by atoms with Crippen molar-refractivity contribution in [2.45, 2.75) is 51.0 Å². The molecule has 2 heterocycles. The molecule has 16 heteroatoms. The van der Waals surface area contributed by atoms with Crippen molar-refractivity contribution in [3.63, 3.8) is 0 Å². The Bertz CT molecular complexity index is 809. The predicted molar refractivity (Wildman–Crippen MR) is 94.1 cm³/mol. The van der Waals surface area contributed by atoms with Crippen LogP contribution >= 0.6 is 7.52 Å². The van der Waals surface area contributed by atoms with Crippen LogP contribution in [-0.4, -0.2) is 66.5 Å². The third-order valence-electron chi connectivity index (χ3n) is 4.34. The lowest BCUT2D eigenvalue weighted by Gasteiger charge is -2.34. The smallest absolute Gasteiger partial charge is 0.444 e. The Morgan fingerprint density at radius 3 is 2.13 bits per heavy atom. The van der Waals surface area contributed by atoms with Gasteiger partial charge in [0.25, 0.3) is 0 Å². The minimum absolute atomic E-state index is 0.00911. The van der Waals surface area contributed by atoms with Gasteiger partial charge in [0.1, 0.15) is 5.28 Å². The minimum Gasteiger partial charge on any atom is -0.451 e. The van der Waals surface area contributed by atoms with Crippen LogP contribution in [0.4, 0.5) is 26.3 Å². The highest BCUT2D eigenvalue weighted by Gasteiger charge is 2.74. The third-order valence-corrected chi connectivity index (χ3v) is 7.08. The average molecular weight is 467 g/mol. The number of alkyl halides is 6. The molecule has 2 aliphatic rings. The molecule has 0 spiro atoms. The van der Waals surface area contributed by atoms with Crippen LogP contribution in [0.1, 0.15) is 27.7 Å². The average Bonchev–Trinajstić information content (AvgIpc) is 2.73. The van der Waals surface area contributed by atoms with Gasteiger partial charge < -0.3 is 18.9 Å². The summed E-state index contributed by atoms with van der Waals surface area (Å²) in [6.45, 7) is 5.50. The Labute approximate surface area is 167 Å². The highest BCUT2D eigenvalue weighted by atomic mass is 31.2. The van der Waals surface area contributed by atoms with Crippen LogP contribution in [0.15, 0.2) is 14.7 Å². The number of guanidine groups is 1. The number of halogens is 6. The largest absolute Gasteiger partial charge is 0.451 e. The molecule has 2 aliphatic heterocycles. The Hall–Kier alpha value is -2.02. The van der Waals surface area contributed by atoms with E-state index in [9.17, 15) is 30.9 Å². The molecule has 172 valence electrons. The SMILES string of the molecule is CCOC1=NC(C(F)(F)F)(C(F)(F)F)N=C(NC2=N[P@](=O)(OCC)C(C)(C)N2C)O1. The van der Waals surface area contributed by atoms with Crippen LogP contribution in [0.25, 0.3) is 0 Å². The van der Waals surface area contributed by atoms with Gasteiger partial charge in [-0.2, -0.15) is 41.1 Å². The van der Waals surface area contributed by atoms with Crippen molar-refractivity contribution < 1.29 is 44.9 Å². The third kappa shape index (κ3) is 3.84. The van der Waals surface area contributed by atoms with Gasteiger partial charge in [-0.15, -0.1) is 0 Å². The van der Waals surface area contributed by atoms with E-state index in [-0.39, 0.29) is 19.2 Å². The Morgan fingerprint density at radius 1 is 1.10 bits per heavy atom. The molecule has 1 N–H and O–H groups in total. The zero-order chi connectivity index (χ0) is 23.2. The van der Waals surface area contributed by atoms with E-state index >= 15 is 0 Å². The maximum atomic E-state index is 13.4. The summed E-state index contributed by atoms with van der Waals surface area (Å²) in [7, 11) is -2.38. The highest BCUT2D eigenvalue weighted by molar-refractivity contribution is 7.59. The maximum Gasteiger partial charge on any atom is 0.444 e. The normalized spacial score (nSPS) is 25.8. The van der Waals surface area contributed by atoms with Gasteiger partial charge in [-0.3, -0.25) is 9.88 Å². The summed E-state index contributed by atoms with van der Waals surface area (Å²) >= 11 is 0. The summed E-state index contributed by atoms with van der Waals surface area (Å²) in [5.41, 5.74) is -4.86. The minimum atomic E-state index is -5.96. The summed E-state index contributed by atoms with van der Waals surface area (Å²) in [5, 5.41) is 0.867. The molecule has 0 aromatic carbocycles. The molecule has 9 nitrogen and oxygen atoms in total. The van der Waals surface area contributed by atoms with Crippen LogP contribution in [0, 0.1) is 0 Å². The van der Waals surface area contributed by atoms with Gasteiger partial charge in [0, 0.05) is 7.05 Å². The Balaban J connectivity index is 2.54. The molecule has 0 aliphatic carbocycles. The van der Waals surface area contributed by atoms with Crippen molar-refractivity contribution in [2.75, 3.05) is 20.3 Å². The van der Waals surface area contributed by atoms with Crippen LogP contribution < -0.4 is 5.32 Å². The number of nitrogens with zero attached hydrogens (tertiary/aromatic N) is 4. The summed E-state index contributed by atoms with van der Waals surface area (Å²) in [6, 6.07) is -1.24. The van der Waals surface area contributed by atoms with Crippen LogP contribution in [-0.2, 0) is 18.6 Å². The zero-order valence-corrected chi connectivity index (χ0v) is 17.4. The fourth-order valence-electron chi connectivity index (χ4n) is 2.41. The molecule has 0 fully saturated rings. The van der Waals surface area contributed by atoms with E-state index in [1.54, 1.807) is 6.92 Å². The maximum absolute atomic E-state index is 13.4. The van der Waals surface area contributed by atoms with E-state index in [1.165, 1.54) is 32.7 Å². The number of amidine groups is 1. The molecule has 2 rings (SSSR count). The lowest BCUT2D eigenvalue weighted by atomic mass is 10.1. The number of nitrogens with one attached hydrogen (secondary N) is 1. The van der Waals surface area contributed by atoms with Crippen LogP contribution in [0.3, 0.4) is 0 Å². The van der Waals surface area contributed by atoms with Gasteiger partial charge >= 0.3 is 37.6 Å². The molecule has 0 aromatic rings. The molecule has 1 atom stereocenters. The molecule has 0 unspecified atom stereocenters. The van der Waals surface area contributed by atoms with Crippen molar-refractivity contribution in [3.05, 3.63) is 0 Å².